The van der Waals surface area contributed by atoms with Crippen LogP contribution in [0.15, 0.2) is 24.5 Å². The van der Waals surface area contributed by atoms with Crippen molar-refractivity contribution in [2.24, 2.45) is 5.92 Å². The summed E-state index contributed by atoms with van der Waals surface area (Å²) in [6, 6.07) is 3.73. The summed E-state index contributed by atoms with van der Waals surface area (Å²) in [4.78, 5) is 30.5. The highest BCUT2D eigenvalue weighted by Crippen LogP contribution is 2.29. The Labute approximate surface area is 138 Å². The molecule has 1 heterocycles. The first-order valence-electron chi connectivity index (χ1n) is 8.50. The number of nitrogens with zero attached hydrogens (tertiary/aromatic N) is 2. The lowest BCUT2D eigenvalue weighted by Gasteiger charge is -2.38. The van der Waals surface area contributed by atoms with Gasteiger partial charge in [-0.15, -0.1) is 0 Å². The van der Waals surface area contributed by atoms with Crippen LogP contribution in [0.2, 0.25) is 0 Å². The first-order chi connectivity index (χ1) is 11.1. The average Bonchev–Trinajstić information content (AvgIpc) is 2.57. The maximum absolute atomic E-state index is 12.9. The molecule has 2 atom stereocenters. The summed E-state index contributed by atoms with van der Waals surface area (Å²) in [7, 11) is 0. The highest BCUT2D eigenvalue weighted by atomic mass is 16.5. The van der Waals surface area contributed by atoms with Crippen molar-refractivity contribution in [3.63, 3.8) is 0 Å². The number of aromatic nitrogens is 1. The Balaban J connectivity index is 2.13. The second-order valence-electron chi connectivity index (χ2n) is 6.12. The third-order valence-corrected chi connectivity index (χ3v) is 4.50. The van der Waals surface area contributed by atoms with E-state index in [2.05, 4.69) is 11.9 Å². The van der Waals surface area contributed by atoms with Crippen molar-refractivity contribution in [1.82, 2.24) is 9.88 Å². The molecule has 5 nitrogen and oxygen atoms in total. The van der Waals surface area contributed by atoms with Gasteiger partial charge in [0.25, 0.3) is 5.91 Å². The number of hydrogen-bond donors (Lipinski definition) is 0. The maximum Gasteiger partial charge on any atom is 0.307 e. The maximum atomic E-state index is 12.9. The van der Waals surface area contributed by atoms with Crippen molar-refractivity contribution in [1.29, 1.82) is 0 Å². The summed E-state index contributed by atoms with van der Waals surface area (Å²) >= 11 is 0. The van der Waals surface area contributed by atoms with Crippen molar-refractivity contribution in [2.45, 2.75) is 52.0 Å². The molecule has 0 bridgehead atoms. The molecule has 2 rings (SSSR count). The van der Waals surface area contributed by atoms with Gasteiger partial charge in [0, 0.05) is 25.0 Å². The molecule has 1 aromatic heterocycles. The minimum Gasteiger partial charge on any atom is -0.466 e. The van der Waals surface area contributed by atoms with Gasteiger partial charge in [-0.3, -0.25) is 14.6 Å². The topological polar surface area (TPSA) is 59.5 Å². The Morgan fingerprint density at radius 1 is 1.35 bits per heavy atom. The molecule has 0 spiro atoms. The van der Waals surface area contributed by atoms with Gasteiger partial charge in [0.05, 0.1) is 18.6 Å². The molecule has 1 saturated carbocycles. The lowest BCUT2D eigenvalue weighted by atomic mass is 9.84. The van der Waals surface area contributed by atoms with Crippen LogP contribution in [0.3, 0.4) is 0 Å². The number of ether oxygens (including phenoxy) is 1. The molecule has 0 aromatic carbocycles. The number of pyridine rings is 1. The number of carbonyl (C=O) groups is 2. The standard InChI is InChI=1S/C18H26N2O3/c1-3-23-17(21)10-12-20(16-9-5-4-7-14(16)2)18(22)15-8-6-11-19-13-15/h6,8,11,13-14,16H,3-5,7,9-10,12H2,1-2H3. The van der Waals surface area contributed by atoms with E-state index in [4.69, 9.17) is 4.74 Å². The second-order valence-corrected chi connectivity index (χ2v) is 6.12. The largest absolute Gasteiger partial charge is 0.466 e. The molecular weight excluding hydrogens is 292 g/mol. The molecule has 0 saturated heterocycles. The van der Waals surface area contributed by atoms with Gasteiger partial charge < -0.3 is 9.64 Å². The Kier molecular flexibility index (Phi) is 6.56. The molecule has 1 amide bonds. The van der Waals surface area contributed by atoms with Crippen LogP contribution in [-0.4, -0.2) is 41.0 Å². The molecule has 5 heteroatoms. The summed E-state index contributed by atoms with van der Waals surface area (Å²) in [5.41, 5.74) is 0.578. The smallest absolute Gasteiger partial charge is 0.307 e. The Bertz CT molecular complexity index is 518. The van der Waals surface area contributed by atoms with Gasteiger partial charge in [-0.2, -0.15) is 0 Å². The normalized spacial score (nSPS) is 20.8. The molecule has 1 fully saturated rings. The predicted molar refractivity (Wildman–Crippen MR) is 87.9 cm³/mol. The molecule has 1 aliphatic carbocycles. The van der Waals surface area contributed by atoms with Crippen LogP contribution < -0.4 is 0 Å². The number of carbonyl (C=O) groups excluding carboxylic acids is 2. The predicted octanol–water partition coefficient (Wildman–Crippen LogP) is 3.06. The Morgan fingerprint density at radius 3 is 2.78 bits per heavy atom. The van der Waals surface area contributed by atoms with E-state index in [1.165, 1.54) is 6.42 Å². The molecule has 126 valence electrons. The van der Waals surface area contributed by atoms with Gasteiger partial charge in [0.15, 0.2) is 0 Å². The first kappa shape index (κ1) is 17.4. The molecule has 1 aliphatic rings. The van der Waals surface area contributed by atoms with E-state index in [0.29, 0.717) is 24.6 Å². The van der Waals surface area contributed by atoms with E-state index in [1.807, 2.05) is 4.90 Å². The van der Waals surface area contributed by atoms with Crippen LogP contribution in [-0.2, 0) is 9.53 Å². The molecule has 0 N–H and O–H groups in total. The van der Waals surface area contributed by atoms with E-state index in [1.54, 1.807) is 31.5 Å². The van der Waals surface area contributed by atoms with E-state index in [-0.39, 0.29) is 24.3 Å². The van der Waals surface area contributed by atoms with Gasteiger partial charge in [-0.25, -0.2) is 0 Å². The summed E-state index contributed by atoms with van der Waals surface area (Å²) in [6.07, 6.45) is 7.95. The summed E-state index contributed by atoms with van der Waals surface area (Å²) in [5.74, 6) is 0.160. The fourth-order valence-electron chi connectivity index (χ4n) is 3.28. The lowest BCUT2D eigenvalue weighted by molar-refractivity contribution is -0.143. The molecular formula is C18H26N2O3. The van der Waals surface area contributed by atoms with Crippen LogP contribution >= 0.6 is 0 Å². The van der Waals surface area contributed by atoms with Crippen molar-refractivity contribution in [3.8, 4) is 0 Å². The zero-order valence-electron chi connectivity index (χ0n) is 14.0. The number of rotatable bonds is 6. The number of esters is 1. The van der Waals surface area contributed by atoms with E-state index in [0.717, 1.165) is 19.3 Å². The molecule has 0 radical (unpaired) electrons. The van der Waals surface area contributed by atoms with Crippen LogP contribution in [0.5, 0.6) is 0 Å². The van der Waals surface area contributed by atoms with Crippen LogP contribution in [0.4, 0.5) is 0 Å². The van der Waals surface area contributed by atoms with E-state index in [9.17, 15) is 9.59 Å². The highest BCUT2D eigenvalue weighted by Gasteiger charge is 2.31. The quantitative estimate of drug-likeness (QED) is 0.756. The average molecular weight is 318 g/mol. The molecule has 1 aromatic rings. The van der Waals surface area contributed by atoms with Crippen molar-refractivity contribution in [3.05, 3.63) is 30.1 Å². The van der Waals surface area contributed by atoms with Gasteiger partial charge >= 0.3 is 5.97 Å². The van der Waals surface area contributed by atoms with E-state index < -0.39 is 0 Å². The van der Waals surface area contributed by atoms with Gasteiger partial charge in [-0.05, 0) is 37.8 Å². The summed E-state index contributed by atoms with van der Waals surface area (Å²) in [5, 5.41) is 0. The fourth-order valence-corrected chi connectivity index (χ4v) is 3.28. The first-order valence-corrected chi connectivity index (χ1v) is 8.50. The lowest BCUT2D eigenvalue weighted by Crippen LogP contribution is -2.46. The zero-order chi connectivity index (χ0) is 16.7. The van der Waals surface area contributed by atoms with Crippen LogP contribution in [0.25, 0.3) is 0 Å². The van der Waals surface area contributed by atoms with Gasteiger partial charge in [0.2, 0.25) is 0 Å². The molecule has 0 aliphatic heterocycles. The minimum absolute atomic E-state index is 0.0406. The van der Waals surface area contributed by atoms with Gasteiger partial charge in [-0.1, -0.05) is 19.8 Å². The Hall–Kier alpha value is -1.91. The summed E-state index contributed by atoms with van der Waals surface area (Å²) < 4.78 is 5.00. The molecule has 2 unspecified atom stereocenters. The third kappa shape index (κ3) is 4.78. The third-order valence-electron chi connectivity index (χ3n) is 4.50. The van der Waals surface area contributed by atoms with Crippen LogP contribution in [0.1, 0.15) is 56.3 Å². The van der Waals surface area contributed by atoms with Crippen molar-refractivity contribution in [2.75, 3.05) is 13.2 Å². The van der Waals surface area contributed by atoms with Crippen LogP contribution in [0, 0.1) is 5.92 Å². The van der Waals surface area contributed by atoms with Gasteiger partial charge in [0.1, 0.15) is 0 Å². The SMILES string of the molecule is CCOC(=O)CCN(C(=O)c1cccnc1)C1CCCCC1C. The van der Waals surface area contributed by atoms with Crippen molar-refractivity contribution < 1.29 is 14.3 Å². The summed E-state index contributed by atoms with van der Waals surface area (Å²) in [6.45, 7) is 4.76. The van der Waals surface area contributed by atoms with Crippen molar-refractivity contribution >= 4 is 11.9 Å². The second kappa shape index (κ2) is 8.65. The number of amides is 1. The van der Waals surface area contributed by atoms with E-state index >= 15 is 0 Å². The molecule has 23 heavy (non-hydrogen) atoms. The zero-order valence-corrected chi connectivity index (χ0v) is 14.0. The monoisotopic (exact) mass is 318 g/mol. The number of hydrogen-bond acceptors (Lipinski definition) is 4. The Morgan fingerprint density at radius 2 is 2.13 bits per heavy atom. The highest BCUT2D eigenvalue weighted by molar-refractivity contribution is 5.94. The minimum atomic E-state index is -0.250. The fraction of sp³-hybridized carbons (Fsp3) is 0.611.